The Hall–Kier alpha value is -1.18. The zero-order chi connectivity index (χ0) is 20.1. The van der Waals surface area contributed by atoms with Crippen molar-refractivity contribution in [3.8, 4) is 0 Å². The summed E-state index contributed by atoms with van der Waals surface area (Å²) in [6.45, 7) is 0.00164. The van der Waals surface area contributed by atoms with Crippen LogP contribution in [0.25, 0.3) is 0 Å². The zero-order valence-electron chi connectivity index (χ0n) is 16.2. The molecule has 7 heteroatoms. The molecule has 1 saturated heterocycles. The third kappa shape index (κ3) is 5.05. The molecule has 1 aliphatic carbocycles. The number of rotatable bonds is 7. The fraction of sp³-hybridized carbons (Fsp3) is 0.667. The van der Waals surface area contributed by atoms with E-state index in [-0.39, 0.29) is 30.5 Å². The molecule has 0 bridgehead atoms. The highest BCUT2D eigenvalue weighted by molar-refractivity contribution is 6.30. The number of benzene rings is 1. The minimum absolute atomic E-state index is 0.100. The maximum atomic E-state index is 13.0. The summed E-state index contributed by atoms with van der Waals surface area (Å²) >= 11 is 6.20. The molecule has 6 nitrogen and oxygen atoms in total. The van der Waals surface area contributed by atoms with Crippen LogP contribution in [-0.4, -0.2) is 53.5 Å². The molecular formula is C21H32ClN3O3. The van der Waals surface area contributed by atoms with E-state index in [1.54, 1.807) is 0 Å². The molecule has 6 N–H and O–H groups in total. The monoisotopic (exact) mass is 409 g/mol. The second kappa shape index (κ2) is 10.0. The number of hydrogen-bond acceptors (Lipinski definition) is 5. The van der Waals surface area contributed by atoms with Gasteiger partial charge in [0.25, 0.3) is 0 Å². The average Bonchev–Trinajstić information content (AvgIpc) is 3.05. The average molecular weight is 410 g/mol. The predicted octanol–water partition coefficient (Wildman–Crippen LogP) is 1.53. The molecule has 28 heavy (non-hydrogen) atoms. The van der Waals surface area contributed by atoms with Gasteiger partial charge in [0.2, 0.25) is 5.91 Å². The van der Waals surface area contributed by atoms with Crippen molar-refractivity contribution in [3.63, 3.8) is 0 Å². The Labute approximate surface area is 171 Å². The van der Waals surface area contributed by atoms with E-state index in [2.05, 4.69) is 10.6 Å². The molecule has 1 saturated carbocycles. The molecule has 2 fully saturated rings. The second-order valence-electron chi connectivity index (χ2n) is 8.14. The molecule has 1 unspecified atom stereocenters. The van der Waals surface area contributed by atoms with E-state index < -0.39 is 12.1 Å². The van der Waals surface area contributed by atoms with E-state index in [0.717, 1.165) is 18.4 Å². The first kappa shape index (κ1) is 21.5. The first-order valence-corrected chi connectivity index (χ1v) is 10.7. The van der Waals surface area contributed by atoms with Crippen molar-refractivity contribution in [1.29, 1.82) is 0 Å². The third-order valence-electron chi connectivity index (χ3n) is 6.22. The van der Waals surface area contributed by atoms with Crippen LogP contribution < -0.4 is 16.4 Å². The van der Waals surface area contributed by atoms with Crippen LogP contribution in [0.15, 0.2) is 24.3 Å². The summed E-state index contributed by atoms with van der Waals surface area (Å²) in [6, 6.07) is 7.09. The predicted molar refractivity (Wildman–Crippen MR) is 110 cm³/mol. The number of carbonyl (C=O) groups excluding carboxylic acids is 1. The molecule has 0 spiro atoms. The summed E-state index contributed by atoms with van der Waals surface area (Å²) in [5.74, 6) is 0.205. The Morgan fingerprint density at radius 1 is 1.32 bits per heavy atom. The van der Waals surface area contributed by atoms with Crippen LogP contribution in [0.1, 0.15) is 50.0 Å². The van der Waals surface area contributed by atoms with Gasteiger partial charge in [0.15, 0.2) is 0 Å². The van der Waals surface area contributed by atoms with Crippen LogP contribution in [0, 0.1) is 5.92 Å². The minimum atomic E-state index is -0.821. The van der Waals surface area contributed by atoms with Gasteiger partial charge >= 0.3 is 0 Å². The third-order valence-corrected chi connectivity index (χ3v) is 6.46. The maximum absolute atomic E-state index is 13.0. The molecular weight excluding hydrogens is 378 g/mol. The molecule has 1 aromatic rings. The van der Waals surface area contributed by atoms with Gasteiger partial charge in [0.1, 0.15) is 0 Å². The molecule has 5 atom stereocenters. The SMILES string of the molecule is NC1[C@H](C2CCCCC2)N[C@@H](C(=O)NCC[C@H](O)CO)[C@@H]1c1cccc(Cl)c1. The van der Waals surface area contributed by atoms with E-state index >= 15 is 0 Å². The highest BCUT2D eigenvalue weighted by Crippen LogP contribution is 2.38. The molecule has 0 aromatic heterocycles. The van der Waals surface area contributed by atoms with Crippen molar-refractivity contribution in [3.05, 3.63) is 34.9 Å². The number of carbonyl (C=O) groups is 1. The van der Waals surface area contributed by atoms with Crippen LogP contribution in [0.2, 0.25) is 5.02 Å². The lowest BCUT2D eigenvalue weighted by molar-refractivity contribution is -0.123. The van der Waals surface area contributed by atoms with Gasteiger partial charge in [0.05, 0.1) is 18.8 Å². The molecule has 156 valence electrons. The Morgan fingerprint density at radius 3 is 2.75 bits per heavy atom. The number of aliphatic hydroxyl groups excluding tert-OH is 2. The van der Waals surface area contributed by atoms with Gasteiger partial charge in [-0.1, -0.05) is 43.0 Å². The molecule has 1 heterocycles. The normalized spacial score (nSPS) is 29.6. The molecule has 0 radical (unpaired) electrons. The van der Waals surface area contributed by atoms with Gasteiger partial charge in [-0.3, -0.25) is 4.79 Å². The van der Waals surface area contributed by atoms with Gasteiger partial charge in [0, 0.05) is 29.6 Å². The lowest BCUT2D eigenvalue weighted by Crippen LogP contribution is -2.47. The Morgan fingerprint density at radius 2 is 2.07 bits per heavy atom. The lowest BCUT2D eigenvalue weighted by atomic mass is 9.78. The second-order valence-corrected chi connectivity index (χ2v) is 8.58. The maximum Gasteiger partial charge on any atom is 0.237 e. The van der Waals surface area contributed by atoms with Crippen LogP contribution in [-0.2, 0) is 4.79 Å². The molecule has 1 amide bonds. The molecule has 1 aromatic carbocycles. The number of nitrogens with one attached hydrogen (secondary N) is 2. The lowest BCUT2D eigenvalue weighted by Gasteiger charge is -2.31. The first-order valence-electron chi connectivity index (χ1n) is 10.3. The largest absolute Gasteiger partial charge is 0.394 e. The highest BCUT2D eigenvalue weighted by atomic mass is 35.5. The van der Waals surface area contributed by atoms with E-state index in [9.17, 15) is 9.90 Å². The highest BCUT2D eigenvalue weighted by Gasteiger charge is 2.47. The fourth-order valence-corrected chi connectivity index (χ4v) is 4.94. The van der Waals surface area contributed by atoms with E-state index in [4.69, 9.17) is 22.4 Å². The summed E-state index contributed by atoms with van der Waals surface area (Å²) in [6.07, 6.45) is 5.48. The van der Waals surface area contributed by atoms with Gasteiger partial charge in [-0.15, -0.1) is 0 Å². The van der Waals surface area contributed by atoms with Crippen LogP contribution >= 0.6 is 11.6 Å². The molecule has 1 aliphatic heterocycles. The Bertz CT molecular complexity index is 654. The van der Waals surface area contributed by atoms with Crippen LogP contribution in [0.5, 0.6) is 0 Å². The standard InChI is InChI=1S/C21H32ClN3O3/c22-15-8-4-7-14(11-15)17-18(23)19(13-5-2-1-3-6-13)25-20(17)21(28)24-10-9-16(27)12-26/h4,7-8,11,13,16-20,25-27H,1-3,5-6,9-10,12,23H2,(H,24,28)/t16-,17+,18?,19-,20+/m0/s1. The zero-order valence-corrected chi connectivity index (χ0v) is 16.9. The molecule has 3 rings (SSSR count). The van der Waals surface area contributed by atoms with Crippen LogP contribution in [0.3, 0.4) is 0 Å². The van der Waals surface area contributed by atoms with Crippen molar-refractivity contribution in [1.82, 2.24) is 10.6 Å². The Balaban J connectivity index is 1.76. The first-order chi connectivity index (χ1) is 13.5. The van der Waals surface area contributed by atoms with Gasteiger partial charge < -0.3 is 26.6 Å². The van der Waals surface area contributed by atoms with E-state index in [0.29, 0.717) is 23.9 Å². The van der Waals surface area contributed by atoms with Crippen molar-refractivity contribution >= 4 is 17.5 Å². The van der Waals surface area contributed by atoms with Gasteiger partial charge in [-0.25, -0.2) is 0 Å². The summed E-state index contributed by atoms with van der Waals surface area (Å²) < 4.78 is 0. The van der Waals surface area contributed by atoms with Gasteiger partial charge in [-0.05, 0) is 42.9 Å². The molecule has 2 aliphatic rings. The quantitative estimate of drug-likeness (QED) is 0.469. The minimum Gasteiger partial charge on any atom is -0.394 e. The topological polar surface area (TPSA) is 108 Å². The van der Waals surface area contributed by atoms with E-state index in [1.807, 2.05) is 24.3 Å². The van der Waals surface area contributed by atoms with Crippen molar-refractivity contribution in [2.75, 3.05) is 13.2 Å². The summed E-state index contributed by atoms with van der Waals surface area (Å²) in [7, 11) is 0. The Kier molecular flexibility index (Phi) is 7.71. The number of nitrogens with two attached hydrogens (primary N) is 1. The van der Waals surface area contributed by atoms with Gasteiger partial charge in [-0.2, -0.15) is 0 Å². The summed E-state index contributed by atoms with van der Waals surface area (Å²) in [5.41, 5.74) is 7.68. The van der Waals surface area contributed by atoms with E-state index in [1.165, 1.54) is 19.3 Å². The van der Waals surface area contributed by atoms with Crippen molar-refractivity contribution < 1.29 is 15.0 Å². The summed E-state index contributed by atoms with van der Waals surface area (Å²) in [4.78, 5) is 13.0. The fourth-order valence-electron chi connectivity index (χ4n) is 4.74. The smallest absolute Gasteiger partial charge is 0.237 e. The summed E-state index contributed by atoms with van der Waals surface area (Å²) in [5, 5.41) is 25.5. The van der Waals surface area contributed by atoms with Crippen LogP contribution in [0.4, 0.5) is 0 Å². The number of halogens is 1. The van der Waals surface area contributed by atoms with Crippen molar-refractivity contribution in [2.45, 2.75) is 68.7 Å². The number of hydrogen-bond donors (Lipinski definition) is 5. The number of amides is 1. The van der Waals surface area contributed by atoms with Crippen molar-refractivity contribution in [2.24, 2.45) is 11.7 Å². The number of aliphatic hydroxyl groups is 2.